The molecule has 0 amide bonds. The van der Waals surface area contributed by atoms with Crippen molar-refractivity contribution in [3.8, 4) is 0 Å². The lowest BCUT2D eigenvalue weighted by Gasteiger charge is -2.44. The number of hydrogen-bond acceptors (Lipinski definition) is 3. The predicted molar refractivity (Wildman–Crippen MR) is 106 cm³/mol. The third-order valence-electron chi connectivity index (χ3n) is 5.73. The lowest BCUT2D eigenvalue weighted by Crippen LogP contribution is -2.40. The molecule has 1 heterocycles. The fourth-order valence-electron chi connectivity index (χ4n) is 4.13. The van der Waals surface area contributed by atoms with Gasteiger partial charge < -0.3 is 0 Å². The maximum absolute atomic E-state index is 13.2. The predicted octanol–water partition coefficient (Wildman–Crippen LogP) is 5.64. The van der Waals surface area contributed by atoms with Crippen molar-refractivity contribution in [3.63, 3.8) is 0 Å². The highest BCUT2D eigenvalue weighted by Gasteiger charge is 2.49. The molecule has 1 unspecified atom stereocenters. The van der Waals surface area contributed by atoms with Gasteiger partial charge >= 0.3 is 0 Å². The lowest BCUT2D eigenvalue weighted by atomic mass is 9.63. The van der Waals surface area contributed by atoms with Crippen molar-refractivity contribution in [1.82, 2.24) is 0 Å². The summed E-state index contributed by atoms with van der Waals surface area (Å²) < 4.78 is 0.271. The van der Waals surface area contributed by atoms with Crippen LogP contribution in [-0.4, -0.2) is 21.4 Å². The molecule has 1 atom stereocenters. The van der Waals surface area contributed by atoms with Crippen molar-refractivity contribution in [2.45, 2.75) is 43.6 Å². The van der Waals surface area contributed by atoms with Crippen molar-refractivity contribution >= 4 is 35.4 Å². The maximum atomic E-state index is 13.2. The van der Waals surface area contributed by atoms with E-state index in [4.69, 9.17) is 0 Å². The fraction of sp³-hybridized carbons (Fsp3) is 0.476. The van der Waals surface area contributed by atoms with Crippen LogP contribution in [0.1, 0.15) is 43.7 Å². The van der Waals surface area contributed by atoms with Crippen LogP contribution in [0, 0.1) is 12.3 Å². The summed E-state index contributed by atoms with van der Waals surface area (Å²) in [4.78, 5) is 13.2. The van der Waals surface area contributed by atoms with E-state index in [1.54, 1.807) is 0 Å². The van der Waals surface area contributed by atoms with Crippen LogP contribution in [0.4, 0.5) is 0 Å². The summed E-state index contributed by atoms with van der Waals surface area (Å²) in [5.41, 5.74) is 4.56. The van der Waals surface area contributed by atoms with Gasteiger partial charge in [-0.05, 0) is 56.7 Å². The summed E-state index contributed by atoms with van der Waals surface area (Å²) in [5.74, 6) is 2.86. The van der Waals surface area contributed by atoms with Gasteiger partial charge in [0.2, 0.25) is 0 Å². The second-order valence-electron chi connectivity index (χ2n) is 7.42. The Hall–Kier alpha value is -0.930. The van der Waals surface area contributed by atoms with Crippen LogP contribution in [0.2, 0.25) is 0 Å². The summed E-state index contributed by atoms with van der Waals surface area (Å²) in [6.45, 7) is 4.28. The first-order valence-corrected chi connectivity index (χ1v) is 10.8. The van der Waals surface area contributed by atoms with Gasteiger partial charge in [-0.3, -0.25) is 4.79 Å². The molecule has 1 spiro atoms. The van der Waals surface area contributed by atoms with E-state index in [0.29, 0.717) is 5.78 Å². The van der Waals surface area contributed by atoms with Gasteiger partial charge in [0.1, 0.15) is 0 Å². The number of Topliss-reactive ketones (excluding diaryl/α,β-unsaturated/α-hetero) is 1. The summed E-state index contributed by atoms with van der Waals surface area (Å²) in [5, 5.41) is 0. The molecule has 4 rings (SSSR count). The second kappa shape index (κ2) is 6.10. The van der Waals surface area contributed by atoms with Crippen molar-refractivity contribution < 1.29 is 4.79 Å². The molecule has 3 heteroatoms. The van der Waals surface area contributed by atoms with E-state index in [9.17, 15) is 4.79 Å². The molecule has 1 aromatic rings. The van der Waals surface area contributed by atoms with Crippen LogP contribution >= 0.6 is 23.5 Å². The van der Waals surface area contributed by atoms with Crippen molar-refractivity contribution in [2.75, 3.05) is 11.5 Å². The zero-order chi connectivity index (χ0) is 16.8. The third-order valence-corrected chi connectivity index (χ3v) is 9.13. The van der Waals surface area contributed by atoms with Crippen molar-refractivity contribution in [1.29, 1.82) is 0 Å². The van der Waals surface area contributed by atoms with E-state index in [2.05, 4.69) is 73.8 Å². The van der Waals surface area contributed by atoms with E-state index < -0.39 is 0 Å². The number of thioether (sulfide) groups is 2. The summed E-state index contributed by atoms with van der Waals surface area (Å²) >= 11 is 4.17. The first-order valence-electron chi connectivity index (χ1n) is 8.83. The van der Waals surface area contributed by atoms with E-state index in [0.717, 1.165) is 36.8 Å². The van der Waals surface area contributed by atoms with Gasteiger partial charge in [0.25, 0.3) is 0 Å². The highest BCUT2D eigenvalue weighted by atomic mass is 32.2. The van der Waals surface area contributed by atoms with Crippen molar-refractivity contribution in [3.05, 3.63) is 52.6 Å². The van der Waals surface area contributed by atoms with Crippen molar-refractivity contribution in [2.24, 2.45) is 5.41 Å². The Morgan fingerprint density at radius 3 is 2.46 bits per heavy atom. The van der Waals surface area contributed by atoms with Crippen LogP contribution in [0.15, 0.2) is 41.5 Å². The number of benzene rings is 1. The minimum atomic E-state index is -0.260. The lowest BCUT2D eigenvalue weighted by molar-refractivity contribution is -0.123. The zero-order valence-corrected chi connectivity index (χ0v) is 16.1. The Morgan fingerprint density at radius 1 is 1.04 bits per heavy atom. The molecule has 0 aromatic heterocycles. The minimum Gasteiger partial charge on any atom is -0.294 e. The molecular weight excluding hydrogens is 332 g/mol. The first-order chi connectivity index (χ1) is 11.5. The summed E-state index contributed by atoms with van der Waals surface area (Å²) in [6, 6.07) is 8.47. The van der Waals surface area contributed by atoms with Gasteiger partial charge in [-0.15, -0.1) is 23.5 Å². The van der Waals surface area contributed by atoms with E-state index in [1.807, 2.05) is 0 Å². The smallest absolute Gasteiger partial charge is 0.168 e. The number of carbonyl (C=O) groups is 1. The molecule has 0 N–H and O–H groups in total. The molecule has 1 aliphatic heterocycles. The van der Waals surface area contributed by atoms with Gasteiger partial charge in [0.05, 0.1) is 9.49 Å². The average Bonchev–Trinajstić information content (AvgIpc) is 3.03. The highest BCUT2D eigenvalue weighted by molar-refractivity contribution is 8.21. The molecule has 2 aliphatic carbocycles. The van der Waals surface area contributed by atoms with E-state index >= 15 is 0 Å². The Kier molecular flexibility index (Phi) is 4.20. The summed E-state index contributed by atoms with van der Waals surface area (Å²) in [6.07, 6.45) is 8.66. The minimum absolute atomic E-state index is 0.260. The van der Waals surface area contributed by atoms with E-state index in [1.165, 1.54) is 22.6 Å². The second-order valence-corrected chi connectivity index (χ2v) is 10.5. The molecule has 2 fully saturated rings. The Balaban J connectivity index is 1.64. The standard InChI is InChI=1S/C21H24OS2/c1-15-3-5-16(6-4-15)13-17-7-8-18-14-21(23-11-12-24-21)10-9-20(18,2)19(17)22/h3-6,13-14H,7-12H2,1-2H3/b17-13+. The van der Waals surface area contributed by atoms with Gasteiger partial charge in [-0.25, -0.2) is 0 Å². The quantitative estimate of drug-likeness (QED) is 0.478. The molecule has 1 saturated heterocycles. The number of allylic oxidation sites excluding steroid dienone is 2. The monoisotopic (exact) mass is 356 g/mol. The summed E-state index contributed by atoms with van der Waals surface area (Å²) in [7, 11) is 0. The van der Waals surface area contributed by atoms with Gasteiger partial charge in [-0.2, -0.15) is 0 Å². The number of carbonyl (C=O) groups excluding carboxylic acids is 1. The number of rotatable bonds is 1. The Bertz CT molecular complexity index is 723. The Morgan fingerprint density at radius 2 is 1.75 bits per heavy atom. The molecule has 1 nitrogen and oxygen atoms in total. The molecule has 0 bridgehead atoms. The van der Waals surface area contributed by atoms with Crippen LogP contribution in [0.25, 0.3) is 6.08 Å². The van der Waals surface area contributed by atoms with Gasteiger partial charge in [0, 0.05) is 11.5 Å². The van der Waals surface area contributed by atoms with Crippen LogP contribution in [0.3, 0.4) is 0 Å². The maximum Gasteiger partial charge on any atom is 0.168 e. The molecule has 24 heavy (non-hydrogen) atoms. The number of ketones is 1. The Labute approximate surface area is 153 Å². The average molecular weight is 357 g/mol. The molecular formula is C21H24OS2. The van der Waals surface area contributed by atoms with Gasteiger partial charge in [0.15, 0.2) is 5.78 Å². The molecule has 126 valence electrons. The SMILES string of the molecule is Cc1ccc(/C=C2\CCC3=CC4(CCC3(C)C2=O)SCCS4)cc1. The van der Waals surface area contributed by atoms with Crippen LogP contribution in [0.5, 0.6) is 0 Å². The molecule has 1 saturated carbocycles. The number of hydrogen-bond donors (Lipinski definition) is 0. The van der Waals surface area contributed by atoms with Crippen LogP contribution in [-0.2, 0) is 4.79 Å². The van der Waals surface area contributed by atoms with E-state index in [-0.39, 0.29) is 9.49 Å². The zero-order valence-electron chi connectivity index (χ0n) is 14.4. The third kappa shape index (κ3) is 2.80. The topological polar surface area (TPSA) is 17.1 Å². The number of aryl methyl sites for hydroxylation is 1. The molecule has 3 aliphatic rings. The van der Waals surface area contributed by atoms with Gasteiger partial charge in [-0.1, -0.05) is 41.5 Å². The number of fused-ring (bicyclic) bond motifs is 1. The molecule has 0 radical (unpaired) electrons. The molecule has 1 aromatic carbocycles. The fourth-order valence-corrected chi connectivity index (χ4v) is 7.26. The van der Waals surface area contributed by atoms with Crippen LogP contribution < -0.4 is 0 Å². The normalized spacial score (nSPS) is 30.5. The first kappa shape index (κ1) is 16.5. The highest BCUT2D eigenvalue weighted by Crippen LogP contribution is 2.57. The largest absolute Gasteiger partial charge is 0.294 e.